The number of hydrogen-bond donors (Lipinski definition) is 1. The molecule has 1 aromatic carbocycles. The van der Waals surface area contributed by atoms with Gasteiger partial charge in [-0.25, -0.2) is 0 Å². The number of hydrogen-bond acceptors (Lipinski definition) is 2. The molecule has 1 saturated carbocycles. The summed E-state index contributed by atoms with van der Waals surface area (Å²) in [5.74, 6) is 0. The number of ether oxygens (including phenoxy) is 1. The molecule has 2 rings (SSSR count). The lowest BCUT2D eigenvalue weighted by molar-refractivity contribution is 0.0448. The molecule has 0 aliphatic heterocycles. The first kappa shape index (κ1) is 9.69. The average molecular weight is 191 g/mol. The predicted molar refractivity (Wildman–Crippen MR) is 56.8 cm³/mol. The van der Waals surface area contributed by atoms with Crippen LogP contribution in [-0.4, -0.2) is 12.1 Å². The quantitative estimate of drug-likeness (QED) is 0.794. The van der Waals surface area contributed by atoms with Gasteiger partial charge in [-0.05, 0) is 24.8 Å². The Morgan fingerprint density at radius 3 is 2.64 bits per heavy atom. The molecule has 0 bridgehead atoms. The van der Waals surface area contributed by atoms with E-state index in [1.807, 2.05) is 18.2 Å². The molecule has 0 spiro atoms. The lowest BCUT2D eigenvalue weighted by Gasteiger charge is -2.11. The molecule has 2 nitrogen and oxygen atoms in total. The summed E-state index contributed by atoms with van der Waals surface area (Å²) in [7, 11) is 0. The Hall–Kier alpha value is -0.860. The first-order valence-corrected chi connectivity index (χ1v) is 5.25. The Bertz CT molecular complexity index is 273. The van der Waals surface area contributed by atoms with E-state index in [1.165, 1.54) is 5.56 Å². The molecule has 0 saturated heterocycles. The van der Waals surface area contributed by atoms with E-state index in [9.17, 15) is 0 Å². The van der Waals surface area contributed by atoms with Crippen molar-refractivity contribution in [1.29, 1.82) is 0 Å². The van der Waals surface area contributed by atoms with Crippen molar-refractivity contribution in [3.8, 4) is 0 Å². The van der Waals surface area contributed by atoms with E-state index in [0.29, 0.717) is 12.1 Å². The molecule has 1 aliphatic carbocycles. The average Bonchev–Trinajstić information content (AvgIpc) is 2.63. The number of nitrogens with two attached hydrogens (primary N) is 1. The highest BCUT2D eigenvalue weighted by Crippen LogP contribution is 2.21. The van der Waals surface area contributed by atoms with Crippen LogP contribution >= 0.6 is 0 Å². The lowest BCUT2D eigenvalue weighted by Crippen LogP contribution is -2.17. The van der Waals surface area contributed by atoms with Gasteiger partial charge in [-0.3, -0.25) is 0 Å². The van der Waals surface area contributed by atoms with Crippen LogP contribution in [0.4, 0.5) is 0 Å². The largest absolute Gasteiger partial charge is 0.373 e. The van der Waals surface area contributed by atoms with E-state index in [-0.39, 0.29) is 0 Å². The van der Waals surface area contributed by atoms with Gasteiger partial charge in [0.15, 0.2) is 0 Å². The summed E-state index contributed by atoms with van der Waals surface area (Å²) in [6.45, 7) is 0.720. The Morgan fingerprint density at radius 1 is 1.21 bits per heavy atom. The molecule has 0 unspecified atom stereocenters. The SMILES string of the molecule is N[C@H]1CC[C@H](OCc2ccccc2)C1. The van der Waals surface area contributed by atoms with Crippen molar-refractivity contribution in [2.75, 3.05) is 0 Å². The van der Waals surface area contributed by atoms with Crippen LogP contribution < -0.4 is 5.73 Å². The van der Waals surface area contributed by atoms with Gasteiger partial charge in [0.2, 0.25) is 0 Å². The van der Waals surface area contributed by atoms with Gasteiger partial charge in [0.25, 0.3) is 0 Å². The summed E-state index contributed by atoms with van der Waals surface area (Å²) < 4.78 is 5.78. The van der Waals surface area contributed by atoms with E-state index in [1.54, 1.807) is 0 Å². The molecule has 2 atom stereocenters. The smallest absolute Gasteiger partial charge is 0.0720 e. The van der Waals surface area contributed by atoms with Gasteiger partial charge in [0, 0.05) is 6.04 Å². The Morgan fingerprint density at radius 2 is 2.00 bits per heavy atom. The molecule has 14 heavy (non-hydrogen) atoms. The maximum absolute atomic E-state index is 5.81. The number of benzene rings is 1. The molecule has 0 amide bonds. The van der Waals surface area contributed by atoms with Gasteiger partial charge in [-0.15, -0.1) is 0 Å². The molecule has 1 aliphatic rings. The molecule has 2 N–H and O–H groups in total. The highest BCUT2D eigenvalue weighted by atomic mass is 16.5. The number of rotatable bonds is 3. The second kappa shape index (κ2) is 4.58. The highest BCUT2D eigenvalue weighted by Gasteiger charge is 2.21. The van der Waals surface area contributed by atoms with Gasteiger partial charge >= 0.3 is 0 Å². The van der Waals surface area contributed by atoms with E-state index >= 15 is 0 Å². The summed E-state index contributed by atoms with van der Waals surface area (Å²) in [6, 6.07) is 10.6. The van der Waals surface area contributed by atoms with E-state index < -0.39 is 0 Å². The van der Waals surface area contributed by atoms with Crippen molar-refractivity contribution in [3.63, 3.8) is 0 Å². The Balaban J connectivity index is 1.78. The van der Waals surface area contributed by atoms with Crippen LogP contribution in [0.1, 0.15) is 24.8 Å². The molecule has 76 valence electrons. The van der Waals surface area contributed by atoms with Gasteiger partial charge < -0.3 is 10.5 Å². The topological polar surface area (TPSA) is 35.2 Å². The van der Waals surface area contributed by atoms with Crippen molar-refractivity contribution in [2.24, 2.45) is 5.73 Å². The zero-order chi connectivity index (χ0) is 9.80. The van der Waals surface area contributed by atoms with E-state index in [2.05, 4.69) is 12.1 Å². The molecule has 0 aromatic heterocycles. The zero-order valence-corrected chi connectivity index (χ0v) is 8.36. The summed E-state index contributed by atoms with van der Waals surface area (Å²) in [6.07, 6.45) is 3.63. The Labute approximate surface area is 85.1 Å². The molecule has 1 fully saturated rings. The summed E-state index contributed by atoms with van der Waals surface area (Å²) in [4.78, 5) is 0. The predicted octanol–water partition coefficient (Wildman–Crippen LogP) is 2.08. The molecular weight excluding hydrogens is 174 g/mol. The van der Waals surface area contributed by atoms with Crippen molar-refractivity contribution in [2.45, 2.75) is 38.0 Å². The molecule has 2 heteroatoms. The van der Waals surface area contributed by atoms with Crippen LogP contribution in [0.2, 0.25) is 0 Å². The third kappa shape index (κ3) is 2.56. The van der Waals surface area contributed by atoms with E-state index in [4.69, 9.17) is 10.5 Å². The second-order valence-corrected chi connectivity index (χ2v) is 3.99. The van der Waals surface area contributed by atoms with Crippen LogP contribution in [-0.2, 0) is 11.3 Å². The van der Waals surface area contributed by atoms with Crippen LogP contribution in [0, 0.1) is 0 Å². The van der Waals surface area contributed by atoms with E-state index in [0.717, 1.165) is 25.9 Å². The van der Waals surface area contributed by atoms with Gasteiger partial charge in [0.1, 0.15) is 0 Å². The minimum absolute atomic E-state index is 0.357. The normalized spacial score (nSPS) is 26.6. The first-order valence-electron chi connectivity index (χ1n) is 5.25. The minimum atomic E-state index is 0.357. The lowest BCUT2D eigenvalue weighted by atomic mass is 10.2. The maximum atomic E-state index is 5.81. The van der Waals surface area contributed by atoms with Crippen molar-refractivity contribution in [3.05, 3.63) is 35.9 Å². The fraction of sp³-hybridized carbons (Fsp3) is 0.500. The summed E-state index contributed by atoms with van der Waals surface area (Å²) >= 11 is 0. The van der Waals surface area contributed by atoms with Crippen LogP contribution in [0.15, 0.2) is 30.3 Å². The Kier molecular flexibility index (Phi) is 3.17. The summed E-state index contributed by atoms with van der Waals surface area (Å²) in [5, 5.41) is 0. The van der Waals surface area contributed by atoms with Gasteiger partial charge in [-0.1, -0.05) is 30.3 Å². The van der Waals surface area contributed by atoms with Crippen LogP contribution in [0.5, 0.6) is 0 Å². The monoisotopic (exact) mass is 191 g/mol. The van der Waals surface area contributed by atoms with Gasteiger partial charge in [0.05, 0.1) is 12.7 Å². The third-order valence-electron chi connectivity index (χ3n) is 2.75. The second-order valence-electron chi connectivity index (χ2n) is 3.99. The van der Waals surface area contributed by atoms with Crippen molar-refractivity contribution >= 4 is 0 Å². The van der Waals surface area contributed by atoms with Crippen LogP contribution in [0.25, 0.3) is 0 Å². The first-order chi connectivity index (χ1) is 6.84. The minimum Gasteiger partial charge on any atom is -0.373 e. The molecular formula is C12H17NO. The standard InChI is InChI=1S/C12H17NO/c13-11-6-7-12(8-11)14-9-10-4-2-1-3-5-10/h1-5,11-12H,6-9,13H2/t11-,12-/m0/s1. The fourth-order valence-corrected chi connectivity index (χ4v) is 1.91. The molecule has 0 heterocycles. The third-order valence-corrected chi connectivity index (χ3v) is 2.75. The van der Waals surface area contributed by atoms with Crippen LogP contribution in [0.3, 0.4) is 0 Å². The zero-order valence-electron chi connectivity index (χ0n) is 8.36. The summed E-state index contributed by atoms with van der Waals surface area (Å²) in [5.41, 5.74) is 7.06. The molecule has 1 aromatic rings. The van der Waals surface area contributed by atoms with Crippen molar-refractivity contribution in [1.82, 2.24) is 0 Å². The maximum Gasteiger partial charge on any atom is 0.0720 e. The fourth-order valence-electron chi connectivity index (χ4n) is 1.91. The van der Waals surface area contributed by atoms with Gasteiger partial charge in [-0.2, -0.15) is 0 Å². The highest BCUT2D eigenvalue weighted by molar-refractivity contribution is 5.13. The van der Waals surface area contributed by atoms with Crippen molar-refractivity contribution < 1.29 is 4.74 Å². The molecule has 0 radical (unpaired) electrons.